The molecule has 1 saturated carbocycles. The summed E-state index contributed by atoms with van der Waals surface area (Å²) >= 11 is 0. The van der Waals surface area contributed by atoms with Crippen LogP contribution in [-0.4, -0.2) is 30.7 Å². The van der Waals surface area contributed by atoms with Crippen LogP contribution in [-0.2, 0) is 9.84 Å². The van der Waals surface area contributed by atoms with Crippen molar-refractivity contribution in [2.24, 2.45) is 0 Å². The quantitative estimate of drug-likeness (QED) is 0.512. The number of methoxy groups -OCH3 is 1. The molecule has 7 heteroatoms. The molecule has 1 aliphatic rings. The molecule has 1 aromatic heterocycles. The van der Waals surface area contributed by atoms with Crippen molar-refractivity contribution in [1.29, 1.82) is 0 Å². The first-order valence-electron chi connectivity index (χ1n) is 10.8. The molecule has 1 heterocycles. The summed E-state index contributed by atoms with van der Waals surface area (Å²) in [5, 5.41) is 2.87. The van der Waals surface area contributed by atoms with Crippen molar-refractivity contribution < 1.29 is 13.2 Å². The molecule has 0 amide bonds. The van der Waals surface area contributed by atoms with Crippen LogP contribution in [0.1, 0.15) is 43.2 Å². The van der Waals surface area contributed by atoms with E-state index in [1.165, 1.54) is 0 Å². The number of sulfone groups is 1. The molecule has 3 aromatic rings. The molecule has 1 fully saturated rings. The van der Waals surface area contributed by atoms with Crippen molar-refractivity contribution in [2.75, 3.05) is 12.4 Å². The highest BCUT2D eigenvalue weighted by atomic mass is 32.2. The van der Waals surface area contributed by atoms with E-state index in [-0.39, 0.29) is 5.25 Å². The fourth-order valence-corrected chi connectivity index (χ4v) is 5.71. The Kier molecular flexibility index (Phi) is 6.85. The Hall–Kier alpha value is -3.19. The van der Waals surface area contributed by atoms with Crippen molar-refractivity contribution in [1.82, 2.24) is 9.97 Å². The number of nitrogens with one attached hydrogen (secondary N) is 1. The second-order valence-corrected chi connectivity index (χ2v) is 10.1. The third kappa shape index (κ3) is 5.34. The maximum Gasteiger partial charge on any atom is 0.227 e. The monoisotopic (exact) mass is 449 g/mol. The fourth-order valence-electron chi connectivity index (χ4n) is 3.85. The van der Waals surface area contributed by atoms with E-state index in [1.807, 2.05) is 36.4 Å². The zero-order valence-corrected chi connectivity index (χ0v) is 18.9. The zero-order chi connectivity index (χ0) is 22.4. The number of aromatic nitrogens is 2. The van der Waals surface area contributed by atoms with Gasteiger partial charge in [-0.25, -0.2) is 18.4 Å². The molecule has 0 saturated heterocycles. The largest absolute Gasteiger partial charge is 0.497 e. The van der Waals surface area contributed by atoms with Crippen LogP contribution in [0.4, 0.5) is 11.6 Å². The van der Waals surface area contributed by atoms with E-state index >= 15 is 0 Å². The fraction of sp³-hybridized carbons (Fsp3) is 0.280. The van der Waals surface area contributed by atoms with Gasteiger partial charge in [-0.15, -0.1) is 0 Å². The van der Waals surface area contributed by atoms with Gasteiger partial charge in [0, 0.05) is 23.6 Å². The summed E-state index contributed by atoms with van der Waals surface area (Å²) < 4.78 is 30.9. The molecule has 0 aliphatic heterocycles. The molecule has 0 bridgehead atoms. The topological polar surface area (TPSA) is 81.2 Å². The van der Waals surface area contributed by atoms with Crippen LogP contribution in [0.5, 0.6) is 5.75 Å². The lowest BCUT2D eigenvalue weighted by Gasteiger charge is -2.21. The molecule has 1 N–H and O–H groups in total. The van der Waals surface area contributed by atoms with Gasteiger partial charge in [-0.05, 0) is 54.8 Å². The summed E-state index contributed by atoms with van der Waals surface area (Å²) in [7, 11) is -1.62. The van der Waals surface area contributed by atoms with E-state index in [0.717, 1.165) is 54.7 Å². The van der Waals surface area contributed by atoms with Gasteiger partial charge in [0.05, 0.1) is 17.3 Å². The molecule has 166 valence electrons. The number of rotatable bonds is 7. The molecule has 1 aliphatic carbocycles. The molecule has 4 rings (SSSR count). The molecule has 32 heavy (non-hydrogen) atoms. The molecule has 0 unspecified atom stereocenters. The van der Waals surface area contributed by atoms with Crippen LogP contribution in [0.25, 0.3) is 12.2 Å². The van der Waals surface area contributed by atoms with Crippen LogP contribution in [0.3, 0.4) is 0 Å². The first-order chi connectivity index (χ1) is 15.5. The molecular weight excluding hydrogens is 422 g/mol. The second kappa shape index (κ2) is 9.96. The Morgan fingerprint density at radius 2 is 1.62 bits per heavy atom. The number of hydrogen-bond donors (Lipinski definition) is 1. The summed E-state index contributed by atoms with van der Waals surface area (Å²) in [6.45, 7) is 0. The van der Waals surface area contributed by atoms with Gasteiger partial charge in [-0.1, -0.05) is 43.5 Å². The standard InChI is InChI=1S/C25H27N3O3S/c1-31-22-7-5-6-19(16-22)10-11-20-17-26-25(27-18-20)28-21-12-14-24(15-13-21)32(29,30)23-8-3-2-4-9-23/h5-7,10-18,23H,2-4,8-9H2,1H3,(H,26,27,28)/b11-10+. The number of nitrogens with zero attached hydrogens (tertiary/aromatic N) is 2. The van der Waals surface area contributed by atoms with Gasteiger partial charge >= 0.3 is 0 Å². The average molecular weight is 450 g/mol. The summed E-state index contributed by atoms with van der Waals surface area (Å²) in [6, 6.07) is 14.6. The lowest BCUT2D eigenvalue weighted by atomic mass is 10.0. The van der Waals surface area contributed by atoms with Crippen molar-refractivity contribution in [3.05, 3.63) is 72.1 Å². The predicted molar refractivity (Wildman–Crippen MR) is 128 cm³/mol. The third-order valence-corrected chi connectivity index (χ3v) is 7.94. The molecule has 0 radical (unpaired) electrons. The Balaban J connectivity index is 1.39. The Morgan fingerprint density at radius 1 is 0.938 bits per heavy atom. The van der Waals surface area contributed by atoms with E-state index < -0.39 is 9.84 Å². The normalized spacial score (nSPS) is 15.0. The zero-order valence-electron chi connectivity index (χ0n) is 18.1. The van der Waals surface area contributed by atoms with E-state index in [2.05, 4.69) is 15.3 Å². The lowest BCUT2D eigenvalue weighted by Crippen LogP contribution is -2.24. The second-order valence-electron chi connectivity index (χ2n) is 7.90. The highest BCUT2D eigenvalue weighted by Crippen LogP contribution is 2.29. The van der Waals surface area contributed by atoms with E-state index in [0.29, 0.717) is 10.8 Å². The van der Waals surface area contributed by atoms with Gasteiger partial charge in [-0.3, -0.25) is 0 Å². The molecule has 0 spiro atoms. The maximum atomic E-state index is 12.8. The predicted octanol–water partition coefficient (Wildman–Crippen LogP) is 5.51. The van der Waals surface area contributed by atoms with Crippen LogP contribution >= 0.6 is 0 Å². The maximum absolute atomic E-state index is 12.8. The molecular formula is C25H27N3O3S. The number of hydrogen-bond acceptors (Lipinski definition) is 6. The van der Waals surface area contributed by atoms with Gasteiger partial charge in [-0.2, -0.15) is 0 Å². The molecule has 0 atom stereocenters. The van der Waals surface area contributed by atoms with Gasteiger partial charge < -0.3 is 10.1 Å². The summed E-state index contributed by atoms with van der Waals surface area (Å²) in [6.07, 6.45) is 12.0. The van der Waals surface area contributed by atoms with Crippen LogP contribution < -0.4 is 10.1 Å². The number of ether oxygens (including phenoxy) is 1. The van der Waals surface area contributed by atoms with Gasteiger partial charge in [0.15, 0.2) is 9.84 Å². The smallest absolute Gasteiger partial charge is 0.227 e. The van der Waals surface area contributed by atoms with Crippen molar-refractivity contribution >= 4 is 33.6 Å². The SMILES string of the molecule is COc1cccc(/C=C/c2cnc(Nc3ccc(S(=O)(=O)C4CCCCC4)cc3)nc2)c1. The van der Waals surface area contributed by atoms with Gasteiger partial charge in [0.1, 0.15) is 5.75 Å². The highest BCUT2D eigenvalue weighted by molar-refractivity contribution is 7.92. The Labute approximate surface area is 189 Å². The average Bonchev–Trinajstić information content (AvgIpc) is 2.84. The van der Waals surface area contributed by atoms with Gasteiger partial charge in [0.2, 0.25) is 5.95 Å². The van der Waals surface area contributed by atoms with Crippen LogP contribution in [0.2, 0.25) is 0 Å². The van der Waals surface area contributed by atoms with Crippen molar-refractivity contribution in [3.63, 3.8) is 0 Å². The summed E-state index contributed by atoms with van der Waals surface area (Å²) in [4.78, 5) is 9.08. The Morgan fingerprint density at radius 3 is 2.31 bits per heavy atom. The minimum Gasteiger partial charge on any atom is -0.497 e. The Bertz CT molecular complexity index is 1170. The minimum atomic E-state index is -3.27. The number of benzene rings is 2. The van der Waals surface area contributed by atoms with Gasteiger partial charge in [0.25, 0.3) is 0 Å². The number of anilines is 2. The van der Waals surface area contributed by atoms with E-state index in [4.69, 9.17) is 4.74 Å². The molecule has 6 nitrogen and oxygen atoms in total. The highest BCUT2D eigenvalue weighted by Gasteiger charge is 2.28. The third-order valence-electron chi connectivity index (χ3n) is 5.66. The first kappa shape index (κ1) is 22.0. The lowest BCUT2D eigenvalue weighted by molar-refractivity contribution is 0.414. The van der Waals surface area contributed by atoms with E-state index in [9.17, 15) is 8.42 Å². The van der Waals surface area contributed by atoms with Crippen molar-refractivity contribution in [3.8, 4) is 5.75 Å². The van der Waals surface area contributed by atoms with Crippen molar-refractivity contribution in [2.45, 2.75) is 42.2 Å². The van der Waals surface area contributed by atoms with Crippen LogP contribution in [0, 0.1) is 0 Å². The minimum absolute atomic E-state index is 0.254. The van der Waals surface area contributed by atoms with E-state index in [1.54, 1.807) is 43.8 Å². The molecule has 2 aromatic carbocycles. The first-order valence-corrected chi connectivity index (χ1v) is 12.3. The summed E-state index contributed by atoms with van der Waals surface area (Å²) in [5.41, 5.74) is 2.63. The van der Waals surface area contributed by atoms with Crippen LogP contribution in [0.15, 0.2) is 65.8 Å². The summed E-state index contributed by atoms with van der Waals surface area (Å²) in [5.74, 6) is 1.26.